The highest BCUT2D eigenvalue weighted by Gasteiger charge is 2.21. The molecule has 7 heteroatoms. The molecule has 0 saturated heterocycles. The number of hydrogen-bond acceptors (Lipinski definition) is 6. The Balaban J connectivity index is 1.57. The topological polar surface area (TPSA) is 77.8 Å². The quantitative estimate of drug-likeness (QED) is 0.914. The second kappa shape index (κ2) is 6.52. The van der Waals surface area contributed by atoms with Crippen molar-refractivity contribution < 1.29 is 4.74 Å². The van der Waals surface area contributed by atoms with Gasteiger partial charge in [-0.1, -0.05) is 6.42 Å². The zero-order chi connectivity index (χ0) is 15.5. The van der Waals surface area contributed by atoms with Gasteiger partial charge in [0.05, 0.1) is 0 Å². The minimum atomic E-state index is 0.216. The molecule has 2 aromatic heterocycles. The highest BCUT2D eigenvalue weighted by Crippen LogP contribution is 2.24. The van der Waals surface area contributed by atoms with Gasteiger partial charge in [-0.3, -0.25) is 0 Å². The van der Waals surface area contributed by atoms with Crippen molar-refractivity contribution >= 4 is 5.95 Å². The van der Waals surface area contributed by atoms with E-state index >= 15 is 0 Å². The van der Waals surface area contributed by atoms with Gasteiger partial charge < -0.3 is 10.1 Å². The Hall–Kier alpha value is -2.18. The summed E-state index contributed by atoms with van der Waals surface area (Å²) in [5.74, 6) is 1.08. The van der Waals surface area contributed by atoms with E-state index in [-0.39, 0.29) is 6.10 Å². The first-order valence-corrected chi connectivity index (χ1v) is 8.56. The molecule has 0 bridgehead atoms. The Labute approximate surface area is 135 Å². The van der Waals surface area contributed by atoms with Crippen LogP contribution in [0.15, 0.2) is 18.5 Å². The van der Waals surface area contributed by atoms with Gasteiger partial charge in [0.15, 0.2) is 0 Å². The number of hydrogen-bond donors (Lipinski definition) is 1. The summed E-state index contributed by atoms with van der Waals surface area (Å²) in [6, 6.07) is 2.72. The Morgan fingerprint density at radius 3 is 2.57 bits per heavy atom. The number of nitrogens with one attached hydrogen (secondary N) is 1. The molecule has 0 aromatic carbocycles. The summed E-state index contributed by atoms with van der Waals surface area (Å²) < 4.78 is 7.66. The third kappa shape index (κ3) is 3.43. The third-order valence-corrected chi connectivity index (χ3v) is 4.58. The molecule has 2 heterocycles. The smallest absolute Gasteiger partial charge is 0.323 e. The average Bonchev–Trinajstić information content (AvgIpc) is 3.06. The van der Waals surface area contributed by atoms with Crippen LogP contribution in [0.3, 0.4) is 0 Å². The fraction of sp³-hybridized carbons (Fsp3) is 0.625. The molecule has 2 fully saturated rings. The largest absolute Gasteiger partial charge is 0.460 e. The minimum absolute atomic E-state index is 0.216. The monoisotopic (exact) mass is 314 g/mol. The molecular formula is C16H22N6O. The van der Waals surface area contributed by atoms with E-state index in [2.05, 4.69) is 25.4 Å². The standard InChI is InChI=1S/C16H22N6O/c1-2-8-13(9-3-1)23-16-20-14(18-12-6-4-7-12)19-15(21-16)22-11-5-10-17-22/h5,10-13H,1-4,6-9H2,(H,18,19,20,21). The van der Waals surface area contributed by atoms with Crippen LogP contribution in [0.2, 0.25) is 0 Å². The second-order valence-electron chi connectivity index (χ2n) is 6.34. The van der Waals surface area contributed by atoms with E-state index in [1.54, 1.807) is 10.9 Å². The normalized spacial score (nSPS) is 19.3. The van der Waals surface area contributed by atoms with E-state index in [4.69, 9.17) is 4.74 Å². The first-order valence-electron chi connectivity index (χ1n) is 8.56. The molecule has 4 rings (SSSR count). The molecule has 7 nitrogen and oxygen atoms in total. The van der Waals surface area contributed by atoms with Crippen LogP contribution in [0, 0.1) is 0 Å². The van der Waals surface area contributed by atoms with Crippen LogP contribution in [0.25, 0.3) is 5.95 Å². The summed E-state index contributed by atoms with van der Waals surface area (Å²) in [7, 11) is 0. The molecule has 2 saturated carbocycles. The summed E-state index contributed by atoms with van der Waals surface area (Å²) in [5.41, 5.74) is 0. The average molecular weight is 314 g/mol. The Kier molecular flexibility index (Phi) is 4.08. The molecule has 2 aliphatic carbocycles. The van der Waals surface area contributed by atoms with Crippen LogP contribution in [-0.4, -0.2) is 36.9 Å². The summed E-state index contributed by atoms with van der Waals surface area (Å²) in [5, 5.41) is 7.58. The van der Waals surface area contributed by atoms with Gasteiger partial charge in [-0.05, 0) is 51.0 Å². The third-order valence-electron chi connectivity index (χ3n) is 4.58. The molecule has 122 valence electrons. The van der Waals surface area contributed by atoms with Crippen LogP contribution in [0.1, 0.15) is 51.4 Å². The number of aromatic nitrogens is 5. The summed E-state index contributed by atoms with van der Waals surface area (Å²) in [4.78, 5) is 13.4. The van der Waals surface area contributed by atoms with Crippen LogP contribution < -0.4 is 10.1 Å². The first kappa shape index (κ1) is 14.4. The van der Waals surface area contributed by atoms with Crippen LogP contribution in [0.5, 0.6) is 6.01 Å². The SMILES string of the molecule is c1cnn(-c2nc(NC3CCC3)nc(OC3CCCCC3)n2)c1. The number of nitrogens with zero attached hydrogens (tertiary/aromatic N) is 5. The van der Waals surface area contributed by atoms with Gasteiger partial charge in [-0.15, -0.1) is 0 Å². The highest BCUT2D eigenvalue weighted by atomic mass is 16.5. The molecule has 1 N–H and O–H groups in total. The lowest BCUT2D eigenvalue weighted by atomic mass is 9.93. The van der Waals surface area contributed by atoms with E-state index in [0.717, 1.165) is 12.8 Å². The van der Waals surface area contributed by atoms with Gasteiger partial charge in [0.1, 0.15) is 6.10 Å². The predicted molar refractivity (Wildman–Crippen MR) is 85.7 cm³/mol. The van der Waals surface area contributed by atoms with Crippen LogP contribution in [-0.2, 0) is 0 Å². The van der Waals surface area contributed by atoms with E-state index in [1.807, 2.05) is 12.3 Å². The van der Waals surface area contributed by atoms with Crippen molar-refractivity contribution in [2.24, 2.45) is 0 Å². The molecule has 23 heavy (non-hydrogen) atoms. The lowest BCUT2D eigenvalue weighted by molar-refractivity contribution is 0.141. The fourth-order valence-corrected chi connectivity index (χ4v) is 3.02. The van der Waals surface area contributed by atoms with Crippen molar-refractivity contribution in [3.63, 3.8) is 0 Å². The first-order chi connectivity index (χ1) is 11.4. The summed E-state index contributed by atoms with van der Waals surface area (Å²) >= 11 is 0. The maximum absolute atomic E-state index is 6.02. The Bertz CT molecular complexity index is 634. The molecule has 0 aliphatic heterocycles. The zero-order valence-electron chi connectivity index (χ0n) is 13.2. The molecule has 2 aromatic rings. The molecule has 0 spiro atoms. The Morgan fingerprint density at radius 1 is 1.00 bits per heavy atom. The maximum atomic E-state index is 6.02. The van der Waals surface area contributed by atoms with Gasteiger partial charge in [-0.25, -0.2) is 4.68 Å². The molecule has 0 radical (unpaired) electrons. The van der Waals surface area contributed by atoms with Gasteiger partial charge in [0, 0.05) is 18.4 Å². The molecule has 0 amide bonds. The van der Waals surface area contributed by atoms with E-state index in [0.29, 0.717) is 23.9 Å². The van der Waals surface area contributed by atoms with E-state index in [1.165, 1.54) is 38.5 Å². The van der Waals surface area contributed by atoms with Crippen molar-refractivity contribution in [3.8, 4) is 12.0 Å². The predicted octanol–water partition coefficient (Wildman–Crippen LogP) is 2.73. The van der Waals surface area contributed by atoms with Crippen molar-refractivity contribution in [1.29, 1.82) is 0 Å². The van der Waals surface area contributed by atoms with Crippen molar-refractivity contribution in [3.05, 3.63) is 18.5 Å². The van der Waals surface area contributed by atoms with E-state index in [9.17, 15) is 0 Å². The van der Waals surface area contributed by atoms with Gasteiger partial charge in [0.2, 0.25) is 5.95 Å². The van der Waals surface area contributed by atoms with Crippen LogP contribution in [0.4, 0.5) is 5.95 Å². The summed E-state index contributed by atoms with van der Waals surface area (Å²) in [6.45, 7) is 0. The minimum Gasteiger partial charge on any atom is -0.460 e. The van der Waals surface area contributed by atoms with Gasteiger partial charge in [0.25, 0.3) is 5.95 Å². The zero-order valence-corrected chi connectivity index (χ0v) is 13.2. The number of anilines is 1. The van der Waals surface area contributed by atoms with Crippen molar-refractivity contribution in [2.75, 3.05) is 5.32 Å². The van der Waals surface area contributed by atoms with Crippen molar-refractivity contribution in [1.82, 2.24) is 24.7 Å². The maximum Gasteiger partial charge on any atom is 0.323 e. The van der Waals surface area contributed by atoms with Crippen molar-refractivity contribution in [2.45, 2.75) is 63.5 Å². The molecule has 2 aliphatic rings. The molecule has 0 atom stereocenters. The van der Waals surface area contributed by atoms with Gasteiger partial charge >= 0.3 is 6.01 Å². The second-order valence-corrected chi connectivity index (χ2v) is 6.34. The summed E-state index contributed by atoms with van der Waals surface area (Å²) in [6.07, 6.45) is 13.2. The van der Waals surface area contributed by atoms with Crippen LogP contribution >= 0.6 is 0 Å². The van der Waals surface area contributed by atoms with Gasteiger partial charge in [-0.2, -0.15) is 20.1 Å². The fourth-order valence-electron chi connectivity index (χ4n) is 3.02. The number of rotatable bonds is 5. The molecular weight excluding hydrogens is 292 g/mol. The number of ether oxygens (including phenoxy) is 1. The molecule has 0 unspecified atom stereocenters. The highest BCUT2D eigenvalue weighted by molar-refractivity contribution is 5.32. The lowest BCUT2D eigenvalue weighted by Gasteiger charge is -2.26. The Morgan fingerprint density at radius 2 is 1.87 bits per heavy atom. The van der Waals surface area contributed by atoms with E-state index < -0.39 is 0 Å². The lowest BCUT2D eigenvalue weighted by Crippen LogP contribution is -2.29.